The Kier molecular flexibility index (Phi) is 4.80. The van der Waals surface area contributed by atoms with Gasteiger partial charge in [-0.3, -0.25) is 0 Å². The van der Waals surface area contributed by atoms with E-state index in [0.29, 0.717) is 5.82 Å². The molecule has 0 aliphatic rings. The molecule has 0 saturated carbocycles. The van der Waals surface area contributed by atoms with Crippen LogP contribution in [-0.4, -0.2) is 14.3 Å². The molecule has 1 aromatic rings. The Morgan fingerprint density at radius 3 is 2.65 bits per heavy atom. The van der Waals surface area contributed by atoms with Crippen LogP contribution in [0.2, 0.25) is 0 Å². The van der Waals surface area contributed by atoms with E-state index >= 15 is 0 Å². The van der Waals surface area contributed by atoms with Crippen molar-refractivity contribution in [2.45, 2.75) is 44.9 Å². The third-order valence-electron chi connectivity index (χ3n) is 2.42. The Morgan fingerprint density at radius 2 is 2.18 bits per heavy atom. The monoisotopic (exact) mass is 255 g/mol. The summed E-state index contributed by atoms with van der Waals surface area (Å²) in [6.45, 7) is 7.89. The van der Waals surface area contributed by atoms with Gasteiger partial charge in [0.1, 0.15) is 10.6 Å². The number of rotatable bonds is 4. The molecule has 0 aliphatic carbocycles. The average molecular weight is 255 g/mol. The SMILES string of the molecule is CC[C@H](N[S@+]([O-])C(C)(C)C)c1ccnc(N)c1. The minimum atomic E-state index is -1.09. The lowest BCUT2D eigenvalue weighted by Crippen LogP contribution is -2.41. The van der Waals surface area contributed by atoms with Gasteiger partial charge in [-0.1, -0.05) is 6.92 Å². The third-order valence-corrected chi connectivity index (χ3v) is 4.03. The maximum Gasteiger partial charge on any atom is 0.136 e. The zero-order valence-corrected chi connectivity index (χ0v) is 11.7. The molecule has 96 valence electrons. The average Bonchev–Trinajstić information content (AvgIpc) is 2.24. The van der Waals surface area contributed by atoms with Crippen molar-refractivity contribution in [2.24, 2.45) is 0 Å². The van der Waals surface area contributed by atoms with Crippen LogP contribution in [0, 0.1) is 0 Å². The van der Waals surface area contributed by atoms with Crippen molar-refractivity contribution in [2.75, 3.05) is 5.73 Å². The molecule has 0 spiro atoms. The van der Waals surface area contributed by atoms with Crippen molar-refractivity contribution in [3.05, 3.63) is 23.9 Å². The van der Waals surface area contributed by atoms with E-state index < -0.39 is 11.4 Å². The van der Waals surface area contributed by atoms with Crippen molar-refractivity contribution in [1.29, 1.82) is 0 Å². The van der Waals surface area contributed by atoms with Gasteiger partial charge >= 0.3 is 0 Å². The predicted octanol–water partition coefficient (Wildman–Crippen LogP) is 2.17. The summed E-state index contributed by atoms with van der Waals surface area (Å²) in [5, 5.41) is 0. The molecular formula is C12H21N3OS. The smallest absolute Gasteiger partial charge is 0.136 e. The van der Waals surface area contributed by atoms with Gasteiger partial charge < -0.3 is 10.3 Å². The Balaban J connectivity index is 2.79. The Bertz CT molecular complexity index is 365. The predicted molar refractivity (Wildman–Crippen MR) is 72.7 cm³/mol. The zero-order valence-electron chi connectivity index (χ0n) is 10.9. The maximum absolute atomic E-state index is 12.0. The fourth-order valence-electron chi connectivity index (χ4n) is 1.38. The highest BCUT2D eigenvalue weighted by Crippen LogP contribution is 2.22. The summed E-state index contributed by atoms with van der Waals surface area (Å²) in [5.74, 6) is 0.490. The first-order chi connectivity index (χ1) is 7.84. The fraction of sp³-hybridized carbons (Fsp3) is 0.583. The highest BCUT2D eigenvalue weighted by atomic mass is 32.2. The summed E-state index contributed by atoms with van der Waals surface area (Å²) in [6, 6.07) is 3.76. The summed E-state index contributed by atoms with van der Waals surface area (Å²) in [6.07, 6.45) is 2.53. The molecule has 1 aromatic heterocycles. The van der Waals surface area contributed by atoms with Gasteiger partial charge in [-0.15, -0.1) is 4.72 Å². The highest BCUT2D eigenvalue weighted by Gasteiger charge is 2.29. The van der Waals surface area contributed by atoms with Gasteiger partial charge in [-0.2, -0.15) is 0 Å². The van der Waals surface area contributed by atoms with E-state index in [1.807, 2.05) is 39.8 Å². The number of nitrogens with zero attached hydrogens (tertiary/aromatic N) is 1. The number of pyridine rings is 1. The van der Waals surface area contributed by atoms with Crippen LogP contribution in [0.15, 0.2) is 18.3 Å². The summed E-state index contributed by atoms with van der Waals surface area (Å²) < 4.78 is 14.9. The number of anilines is 1. The molecule has 1 rings (SSSR count). The van der Waals surface area contributed by atoms with Gasteiger partial charge in [0.25, 0.3) is 0 Å². The largest absolute Gasteiger partial charge is 0.598 e. The Hall–Kier alpha value is -0.780. The van der Waals surface area contributed by atoms with Gasteiger partial charge in [-0.05, 0) is 44.9 Å². The number of nitrogens with one attached hydrogen (secondary N) is 1. The van der Waals surface area contributed by atoms with Gasteiger partial charge in [0.2, 0.25) is 0 Å². The van der Waals surface area contributed by atoms with Gasteiger partial charge in [0.15, 0.2) is 0 Å². The minimum Gasteiger partial charge on any atom is -0.598 e. The number of aromatic nitrogens is 1. The first kappa shape index (κ1) is 14.3. The Morgan fingerprint density at radius 1 is 1.53 bits per heavy atom. The maximum atomic E-state index is 12.0. The molecule has 3 N–H and O–H groups in total. The van der Waals surface area contributed by atoms with E-state index in [0.717, 1.165) is 12.0 Å². The van der Waals surface area contributed by atoms with E-state index in [4.69, 9.17) is 5.73 Å². The van der Waals surface area contributed by atoms with E-state index in [1.54, 1.807) is 6.20 Å². The molecule has 0 radical (unpaired) electrons. The van der Waals surface area contributed by atoms with Crippen LogP contribution in [0.1, 0.15) is 45.7 Å². The number of hydrogen-bond donors (Lipinski definition) is 2. The van der Waals surface area contributed by atoms with Crippen LogP contribution in [-0.2, 0) is 11.4 Å². The summed E-state index contributed by atoms with van der Waals surface area (Å²) in [7, 11) is 0. The standard InChI is InChI=1S/C12H21N3OS/c1-5-10(15-17(16)12(2,3)4)9-6-7-14-11(13)8-9/h6-8,10,15H,5H2,1-4H3,(H2,13,14)/t10-,17+/m0/s1. The van der Waals surface area contributed by atoms with Crippen LogP contribution < -0.4 is 10.5 Å². The Labute approximate surface area is 106 Å². The fourth-order valence-corrected chi connectivity index (χ4v) is 2.29. The van der Waals surface area contributed by atoms with E-state index in [9.17, 15) is 4.55 Å². The van der Waals surface area contributed by atoms with E-state index in [2.05, 4.69) is 9.71 Å². The molecule has 0 aliphatic heterocycles. The lowest BCUT2D eigenvalue weighted by molar-refractivity contribution is 0.518. The molecule has 5 heteroatoms. The second-order valence-corrected chi connectivity index (χ2v) is 6.97. The second-order valence-electron chi connectivity index (χ2n) is 4.97. The second kappa shape index (κ2) is 5.71. The molecule has 0 saturated heterocycles. The minimum absolute atomic E-state index is 0.0420. The normalized spacial score (nSPS) is 15.6. The van der Waals surface area contributed by atoms with Crippen molar-refractivity contribution < 1.29 is 4.55 Å². The molecule has 4 nitrogen and oxygen atoms in total. The molecule has 0 fully saturated rings. The van der Waals surface area contributed by atoms with Gasteiger partial charge in [0, 0.05) is 17.6 Å². The van der Waals surface area contributed by atoms with Crippen LogP contribution in [0.4, 0.5) is 5.82 Å². The van der Waals surface area contributed by atoms with Crippen molar-refractivity contribution >= 4 is 17.2 Å². The number of nitrogens with two attached hydrogens (primary N) is 1. The molecular weight excluding hydrogens is 234 g/mol. The van der Waals surface area contributed by atoms with Crippen LogP contribution in [0.25, 0.3) is 0 Å². The molecule has 1 heterocycles. The summed E-state index contributed by atoms with van der Waals surface area (Å²) in [5.41, 5.74) is 6.68. The van der Waals surface area contributed by atoms with Crippen LogP contribution in [0.5, 0.6) is 0 Å². The molecule has 2 atom stereocenters. The molecule has 0 bridgehead atoms. The third kappa shape index (κ3) is 4.18. The van der Waals surface area contributed by atoms with Crippen LogP contribution in [0.3, 0.4) is 0 Å². The van der Waals surface area contributed by atoms with Crippen molar-refractivity contribution in [3.63, 3.8) is 0 Å². The summed E-state index contributed by atoms with van der Waals surface area (Å²) in [4.78, 5) is 3.96. The molecule has 0 aromatic carbocycles. The highest BCUT2D eigenvalue weighted by molar-refractivity contribution is 7.90. The lowest BCUT2D eigenvalue weighted by atomic mass is 10.1. The lowest BCUT2D eigenvalue weighted by Gasteiger charge is -2.27. The first-order valence-electron chi connectivity index (χ1n) is 5.74. The summed E-state index contributed by atoms with van der Waals surface area (Å²) >= 11 is -1.09. The van der Waals surface area contributed by atoms with Crippen LogP contribution >= 0.6 is 0 Å². The van der Waals surface area contributed by atoms with E-state index in [-0.39, 0.29) is 10.8 Å². The zero-order chi connectivity index (χ0) is 13.1. The number of hydrogen-bond acceptors (Lipinski definition) is 4. The quantitative estimate of drug-likeness (QED) is 0.809. The van der Waals surface area contributed by atoms with E-state index in [1.165, 1.54) is 0 Å². The number of nitrogen functional groups attached to an aromatic ring is 1. The van der Waals surface area contributed by atoms with Crippen molar-refractivity contribution in [3.8, 4) is 0 Å². The molecule has 17 heavy (non-hydrogen) atoms. The van der Waals surface area contributed by atoms with Gasteiger partial charge in [-0.25, -0.2) is 4.98 Å². The molecule has 0 amide bonds. The van der Waals surface area contributed by atoms with Gasteiger partial charge in [0.05, 0.1) is 6.04 Å². The van der Waals surface area contributed by atoms with Crippen molar-refractivity contribution in [1.82, 2.24) is 9.71 Å². The topological polar surface area (TPSA) is 74.0 Å². The first-order valence-corrected chi connectivity index (χ1v) is 6.89. The molecule has 0 unspecified atom stereocenters.